The average Bonchev–Trinajstić information content (AvgIpc) is 2.79. The van der Waals surface area contributed by atoms with E-state index in [2.05, 4.69) is 15.1 Å². The molecule has 0 radical (unpaired) electrons. The predicted molar refractivity (Wildman–Crippen MR) is 72.0 cm³/mol. The number of aliphatic carboxylic acids is 1. The van der Waals surface area contributed by atoms with Crippen LogP contribution in [-0.4, -0.2) is 30.7 Å². The van der Waals surface area contributed by atoms with Crippen LogP contribution in [0.5, 0.6) is 0 Å². The summed E-state index contributed by atoms with van der Waals surface area (Å²) in [4.78, 5) is 18.9. The summed E-state index contributed by atoms with van der Waals surface area (Å²) in [7, 11) is 0. The highest BCUT2D eigenvalue weighted by atomic mass is 16.4. The van der Waals surface area contributed by atoms with Crippen LogP contribution in [0.3, 0.4) is 0 Å². The van der Waals surface area contributed by atoms with E-state index in [1.165, 1.54) is 4.52 Å². The van der Waals surface area contributed by atoms with Crippen LogP contribution in [0.15, 0.2) is 36.5 Å². The lowest BCUT2D eigenvalue weighted by atomic mass is 10.1. The van der Waals surface area contributed by atoms with Crippen molar-refractivity contribution in [1.82, 2.24) is 19.6 Å². The van der Waals surface area contributed by atoms with Gasteiger partial charge in [-0.1, -0.05) is 12.1 Å². The molecule has 0 amide bonds. The molecule has 0 atom stereocenters. The number of aromatic nitrogens is 4. The van der Waals surface area contributed by atoms with E-state index >= 15 is 0 Å². The van der Waals surface area contributed by atoms with Gasteiger partial charge in [0.15, 0.2) is 5.82 Å². The monoisotopic (exact) mass is 269 g/mol. The van der Waals surface area contributed by atoms with Gasteiger partial charge in [0.05, 0.1) is 5.69 Å². The second-order valence-corrected chi connectivity index (χ2v) is 4.27. The van der Waals surface area contributed by atoms with E-state index in [0.717, 1.165) is 11.3 Å². The Labute approximate surface area is 113 Å². The van der Waals surface area contributed by atoms with Gasteiger partial charge in [-0.2, -0.15) is 9.50 Å². The fraction of sp³-hybridized carbons (Fsp3) is 0.0769. The van der Waals surface area contributed by atoms with Crippen molar-refractivity contribution in [3.63, 3.8) is 0 Å². The quantitative estimate of drug-likeness (QED) is 0.687. The van der Waals surface area contributed by atoms with Gasteiger partial charge in [0.2, 0.25) is 0 Å². The number of hydrogen-bond donors (Lipinski definition) is 2. The molecule has 0 saturated heterocycles. The van der Waals surface area contributed by atoms with E-state index in [1.807, 2.05) is 18.2 Å². The molecule has 20 heavy (non-hydrogen) atoms. The smallest absolute Gasteiger partial charge is 0.311 e. The summed E-state index contributed by atoms with van der Waals surface area (Å²) in [6.45, 7) is 0. The molecule has 0 aliphatic heterocycles. The maximum atomic E-state index is 10.7. The molecule has 3 N–H and O–H groups in total. The zero-order valence-corrected chi connectivity index (χ0v) is 10.4. The Bertz CT molecular complexity index is 796. The van der Waals surface area contributed by atoms with Gasteiger partial charge in [-0.25, -0.2) is 4.98 Å². The Morgan fingerprint density at radius 1 is 1.35 bits per heavy atom. The zero-order chi connectivity index (χ0) is 14.1. The third-order valence-corrected chi connectivity index (χ3v) is 2.78. The molecule has 0 saturated carbocycles. The van der Waals surface area contributed by atoms with Crippen LogP contribution in [0.1, 0.15) is 5.82 Å². The lowest BCUT2D eigenvalue weighted by Gasteiger charge is -2.04. The summed E-state index contributed by atoms with van der Waals surface area (Å²) in [6.07, 6.45) is 1.37. The molecule has 0 unspecified atom stereocenters. The van der Waals surface area contributed by atoms with E-state index in [0.29, 0.717) is 11.5 Å². The second kappa shape index (κ2) is 4.61. The molecule has 100 valence electrons. The highest BCUT2D eigenvalue weighted by Gasteiger charge is 2.12. The maximum absolute atomic E-state index is 10.7. The number of nitrogen functional groups attached to an aromatic ring is 1. The van der Waals surface area contributed by atoms with Crippen molar-refractivity contribution in [3.8, 4) is 11.3 Å². The molecule has 0 fully saturated rings. The molecule has 3 rings (SSSR count). The summed E-state index contributed by atoms with van der Waals surface area (Å²) >= 11 is 0. The summed E-state index contributed by atoms with van der Waals surface area (Å²) < 4.78 is 1.52. The number of anilines is 1. The van der Waals surface area contributed by atoms with Gasteiger partial charge in [-0.15, -0.1) is 5.10 Å². The first-order chi connectivity index (χ1) is 9.63. The van der Waals surface area contributed by atoms with Crippen molar-refractivity contribution in [1.29, 1.82) is 0 Å². The number of benzene rings is 1. The summed E-state index contributed by atoms with van der Waals surface area (Å²) in [6, 6.07) is 9.11. The Kier molecular flexibility index (Phi) is 2.79. The van der Waals surface area contributed by atoms with Gasteiger partial charge in [0.25, 0.3) is 5.78 Å². The molecular formula is C13H11N5O2. The third-order valence-electron chi connectivity index (χ3n) is 2.78. The predicted octanol–water partition coefficient (Wildman–Crippen LogP) is 1.00. The number of rotatable bonds is 3. The van der Waals surface area contributed by atoms with E-state index < -0.39 is 5.97 Å². The Balaban J connectivity index is 2.16. The van der Waals surface area contributed by atoms with Crippen molar-refractivity contribution in [3.05, 3.63) is 42.4 Å². The molecule has 0 aliphatic rings. The Morgan fingerprint density at radius 2 is 2.20 bits per heavy atom. The van der Waals surface area contributed by atoms with Crippen LogP contribution in [0.2, 0.25) is 0 Å². The first-order valence-corrected chi connectivity index (χ1v) is 5.92. The van der Waals surface area contributed by atoms with Crippen molar-refractivity contribution < 1.29 is 9.90 Å². The maximum Gasteiger partial charge on any atom is 0.311 e. The molecular weight excluding hydrogens is 258 g/mol. The van der Waals surface area contributed by atoms with Crippen molar-refractivity contribution >= 4 is 17.4 Å². The molecule has 2 aromatic heterocycles. The number of hydrogen-bond acceptors (Lipinski definition) is 5. The summed E-state index contributed by atoms with van der Waals surface area (Å²) in [5, 5.41) is 13.0. The van der Waals surface area contributed by atoms with Gasteiger partial charge >= 0.3 is 5.97 Å². The molecule has 0 aliphatic carbocycles. The number of carboxylic acid groups (broad SMARTS) is 1. The molecule has 1 aromatic carbocycles. The van der Waals surface area contributed by atoms with Crippen LogP contribution in [-0.2, 0) is 11.2 Å². The van der Waals surface area contributed by atoms with E-state index in [9.17, 15) is 4.79 Å². The van der Waals surface area contributed by atoms with Gasteiger partial charge in [-0.3, -0.25) is 4.79 Å². The number of nitrogens with two attached hydrogens (primary N) is 1. The van der Waals surface area contributed by atoms with Crippen molar-refractivity contribution in [2.75, 3.05) is 5.73 Å². The van der Waals surface area contributed by atoms with Crippen LogP contribution in [0, 0.1) is 0 Å². The fourth-order valence-corrected chi connectivity index (χ4v) is 1.96. The summed E-state index contributed by atoms with van der Waals surface area (Å²) in [5.74, 6) is -0.395. The molecule has 2 heterocycles. The molecule has 7 heteroatoms. The molecule has 7 nitrogen and oxygen atoms in total. The van der Waals surface area contributed by atoms with Gasteiger partial charge < -0.3 is 10.8 Å². The molecule has 3 aromatic rings. The number of carboxylic acids is 1. The molecule has 0 bridgehead atoms. The fourth-order valence-electron chi connectivity index (χ4n) is 1.96. The topological polar surface area (TPSA) is 106 Å². The van der Waals surface area contributed by atoms with Crippen LogP contribution in [0.4, 0.5) is 5.69 Å². The SMILES string of the molecule is Nc1cccc(-c2ccnc3nc(CC(=O)O)nn23)c1. The minimum absolute atomic E-state index is 0.223. The van der Waals surface area contributed by atoms with Crippen LogP contribution < -0.4 is 5.73 Å². The summed E-state index contributed by atoms with van der Waals surface area (Å²) in [5.41, 5.74) is 8.03. The number of nitrogens with zero attached hydrogens (tertiary/aromatic N) is 4. The van der Waals surface area contributed by atoms with Gasteiger partial charge in [0, 0.05) is 17.4 Å². The Hall–Kier alpha value is -2.96. The van der Waals surface area contributed by atoms with Crippen molar-refractivity contribution in [2.24, 2.45) is 0 Å². The van der Waals surface area contributed by atoms with E-state index in [-0.39, 0.29) is 12.2 Å². The number of fused-ring (bicyclic) bond motifs is 1. The minimum Gasteiger partial charge on any atom is -0.481 e. The lowest BCUT2D eigenvalue weighted by Crippen LogP contribution is -2.02. The van der Waals surface area contributed by atoms with E-state index in [1.54, 1.807) is 18.3 Å². The first-order valence-electron chi connectivity index (χ1n) is 5.92. The average molecular weight is 269 g/mol. The van der Waals surface area contributed by atoms with E-state index in [4.69, 9.17) is 10.8 Å². The largest absolute Gasteiger partial charge is 0.481 e. The third kappa shape index (κ3) is 2.16. The lowest BCUT2D eigenvalue weighted by molar-refractivity contribution is -0.136. The second-order valence-electron chi connectivity index (χ2n) is 4.27. The normalized spacial score (nSPS) is 10.8. The van der Waals surface area contributed by atoms with Gasteiger partial charge in [-0.05, 0) is 18.2 Å². The van der Waals surface area contributed by atoms with Crippen LogP contribution in [0.25, 0.3) is 17.0 Å². The zero-order valence-electron chi connectivity index (χ0n) is 10.4. The number of carbonyl (C=O) groups is 1. The first kappa shape index (κ1) is 12.1. The van der Waals surface area contributed by atoms with Gasteiger partial charge in [0.1, 0.15) is 6.42 Å². The minimum atomic E-state index is -0.980. The molecule has 0 spiro atoms. The highest BCUT2D eigenvalue weighted by molar-refractivity contribution is 5.69. The standard InChI is InChI=1S/C13H11N5O2/c14-9-3-1-2-8(6-9)10-4-5-15-13-16-11(7-12(19)20)17-18(10)13/h1-6H,7,14H2,(H,19,20). The Morgan fingerprint density at radius 3 is 2.95 bits per heavy atom. The van der Waals surface area contributed by atoms with Crippen molar-refractivity contribution in [2.45, 2.75) is 6.42 Å². The highest BCUT2D eigenvalue weighted by Crippen LogP contribution is 2.21. The van der Waals surface area contributed by atoms with Crippen LogP contribution >= 0.6 is 0 Å².